The number of rotatable bonds is 5. The normalized spacial score (nSPS) is 22.9. The topological polar surface area (TPSA) is 93.5 Å². The van der Waals surface area contributed by atoms with E-state index in [9.17, 15) is 8.42 Å². The van der Waals surface area contributed by atoms with Crippen LogP contribution in [0.3, 0.4) is 0 Å². The molecule has 7 heteroatoms. The summed E-state index contributed by atoms with van der Waals surface area (Å²) in [5, 5.41) is 3.36. The molecule has 1 saturated carbocycles. The van der Waals surface area contributed by atoms with E-state index in [1.54, 1.807) is 19.2 Å². The van der Waals surface area contributed by atoms with Crippen molar-refractivity contribution in [2.24, 2.45) is 0 Å². The Morgan fingerprint density at radius 2 is 2.10 bits per heavy atom. The van der Waals surface area contributed by atoms with Gasteiger partial charge in [-0.25, -0.2) is 13.1 Å². The molecule has 1 aliphatic carbocycles. The number of methoxy groups -OCH3 is 1. The summed E-state index contributed by atoms with van der Waals surface area (Å²) in [6.45, 7) is 0. The molecule has 0 aromatic heterocycles. The van der Waals surface area contributed by atoms with Crippen molar-refractivity contribution in [3.05, 3.63) is 18.2 Å². The van der Waals surface area contributed by atoms with E-state index >= 15 is 0 Å². The third-order valence-corrected chi connectivity index (χ3v) is 5.16. The van der Waals surface area contributed by atoms with Gasteiger partial charge in [-0.3, -0.25) is 0 Å². The van der Waals surface area contributed by atoms with E-state index < -0.39 is 10.0 Å². The number of anilines is 2. The summed E-state index contributed by atoms with van der Waals surface area (Å²) in [7, 11) is -0.442. The van der Waals surface area contributed by atoms with Crippen molar-refractivity contribution < 1.29 is 13.2 Å². The maximum Gasteiger partial charge on any atom is 0.242 e. The Bertz CT molecular complexity index is 574. The lowest BCUT2D eigenvalue weighted by molar-refractivity contribution is 0.101. The van der Waals surface area contributed by atoms with Crippen LogP contribution in [0.25, 0.3) is 0 Å². The second-order valence-corrected chi connectivity index (χ2v) is 6.77. The number of nitrogen functional groups attached to an aromatic ring is 1. The molecule has 1 aromatic carbocycles. The molecule has 0 aliphatic heterocycles. The molecule has 0 radical (unpaired) electrons. The monoisotopic (exact) mass is 299 g/mol. The van der Waals surface area contributed by atoms with Crippen molar-refractivity contribution in [2.45, 2.75) is 36.3 Å². The zero-order chi connectivity index (χ0) is 14.8. The van der Waals surface area contributed by atoms with Crippen LogP contribution in [0.1, 0.15) is 19.3 Å². The van der Waals surface area contributed by atoms with Gasteiger partial charge in [-0.05, 0) is 44.5 Å². The Kier molecular flexibility index (Phi) is 4.52. The summed E-state index contributed by atoms with van der Waals surface area (Å²) in [4.78, 5) is 0.0975. The van der Waals surface area contributed by atoms with E-state index in [4.69, 9.17) is 10.5 Å². The second kappa shape index (κ2) is 5.99. The lowest BCUT2D eigenvalue weighted by atomic mass is 10.2. The van der Waals surface area contributed by atoms with Gasteiger partial charge in [0.15, 0.2) is 0 Å². The first-order valence-electron chi connectivity index (χ1n) is 6.60. The first kappa shape index (κ1) is 15.1. The molecule has 0 amide bonds. The number of hydrogen-bond donors (Lipinski definition) is 3. The van der Waals surface area contributed by atoms with Gasteiger partial charge in [0.05, 0.1) is 17.8 Å². The van der Waals surface area contributed by atoms with Crippen molar-refractivity contribution in [3.8, 4) is 0 Å². The highest BCUT2D eigenvalue weighted by atomic mass is 32.2. The van der Waals surface area contributed by atoms with Crippen molar-refractivity contribution in [1.82, 2.24) is 4.72 Å². The average molecular weight is 299 g/mol. The maximum atomic E-state index is 11.7. The summed E-state index contributed by atoms with van der Waals surface area (Å²) in [5.74, 6) is 0. The van der Waals surface area contributed by atoms with Gasteiger partial charge in [0.25, 0.3) is 0 Å². The van der Waals surface area contributed by atoms with Crippen LogP contribution in [0.15, 0.2) is 23.1 Å². The molecule has 4 N–H and O–H groups in total. The molecule has 0 saturated heterocycles. The zero-order valence-electron chi connectivity index (χ0n) is 11.7. The highest BCUT2D eigenvalue weighted by Gasteiger charge is 2.27. The first-order valence-corrected chi connectivity index (χ1v) is 8.08. The fourth-order valence-corrected chi connectivity index (χ4v) is 3.42. The van der Waals surface area contributed by atoms with Crippen molar-refractivity contribution >= 4 is 21.4 Å². The van der Waals surface area contributed by atoms with Crippen molar-refractivity contribution in [3.63, 3.8) is 0 Å². The van der Waals surface area contributed by atoms with Crippen LogP contribution in [-0.4, -0.2) is 34.7 Å². The number of sulfonamides is 1. The molecule has 2 unspecified atom stereocenters. The molecule has 1 aromatic rings. The predicted octanol–water partition coefficient (Wildman–Crippen LogP) is 1.16. The van der Waals surface area contributed by atoms with Gasteiger partial charge in [-0.15, -0.1) is 0 Å². The number of ether oxygens (including phenoxy) is 1. The van der Waals surface area contributed by atoms with Gasteiger partial charge in [0, 0.05) is 12.8 Å². The molecule has 20 heavy (non-hydrogen) atoms. The molecule has 1 aliphatic rings. The van der Waals surface area contributed by atoms with Gasteiger partial charge in [-0.1, -0.05) is 0 Å². The van der Waals surface area contributed by atoms with Gasteiger partial charge in [-0.2, -0.15) is 0 Å². The quantitative estimate of drug-likeness (QED) is 0.709. The summed E-state index contributed by atoms with van der Waals surface area (Å²) in [5.41, 5.74) is 6.88. The largest absolute Gasteiger partial charge is 0.398 e. The van der Waals surface area contributed by atoms with Crippen LogP contribution in [-0.2, 0) is 14.8 Å². The van der Waals surface area contributed by atoms with Crippen LogP contribution in [0.4, 0.5) is 11.4 Å². The minimum Gasteiger partial charge on any atom is -0.398 e. The summed E-state index contributed by atoms with van der Waals surface area (Å²) in [6.07, 6.45) is 3.39. The molecular weight excluding hydrogens is 278 g/mol. The Morgan fingerprint density at radius 3 is 2.70 bits per heavy atom. The fourth-order valence-electron chi connectivity index (χ4n) is 2.58. The Balaban J connectivity index is 2.17. The van der Waals surface area contributed by atoms with E-state index in [0.29, 0.717) is 0 Å². The van der Waals surface area contributed by atoms with E-state index in [1.165, 1.54) is 13.1 Å². The third kappa shape index (κ3) is 3.05. The molecule has 0 spiro atoms. The van der Waals surface area contributed by atoms with Gasteiger partial charge in [0.2, 0.25) is 10.0 Å². The minimum atomic E-state index is -3.52. The molecule has 1 fully saturated rings. The van der Waals surface area contributed by atoms with Crippen LogP contribution >= 0.6 is 0 Å². The number of nitrogens with one attached hydrogen (secondary N) is 2. The molecule has 2 rings (SSSR count). The predicted molar refractivity (Wildman–Crippen MR) is 79.2 cm³/mol. The summed E-state index contributed by atoms with van der Waals surface area (Å²) < 4.78 is 31.2. The Hall–Kier alpha value is -1.31. The van der Waals surface area contributed by atoms with Crippen LogP contribution in [0.5, 0.6) is 0 Å². The summed E-state index contributed by atoms with van der Waals surface area (Å²) >= 11 is 0. The fraction of sp³-hybridized carbons (Fsp3) is 0.538. The lowest BCUT2D eigenvalue weighted by Crippen LogP contribution is -2.29. The Labute approximate surface area is 119 Å². The van der Waals surface area contributed by atoms with Crippen LogP contribution < -0.4 is 15.8 Å². The molecule has 6 nitrogen and oxygen atoms in total. The first-order chi connectivity index (χ1) is 9.47. The smallest absolute Gasteiger partial charge is 0.242 e. The highest BCUT2D eigenvalue weighted by Crippen LogP contribution is 2.27. The van der Waals surface area contributed by atoms with E-state index in [-0.39, 0.29) is 22.7 Å². The molecule has 2 atom stereocenters. The highest BCUT2D eigenvalue weighted by molar-refractivity contribution is 7.89. The van der Waals surface area contributed by atoms with Crippen molar-refractivity contribution in [2.75, 3.05) is 25.2 Å². The van der Waals surface area contributed by atoms with Crippen LogP contribution in [0.2, 0.25) is 0 Å². The van der Waals surface area contributed by atoms with Crippen molar-refractivity contribution in [1.29, 1.82) is 0 Å². The molecular formula is C13H21N3O3S. The van der Waals surface area contributed by atoms with Gasteiger partial charge >= 0.3 is 0 Å². The lowest BCUT2D eigenvalue weighted by Gasteiger charge is -2.21. The average Bonchev–Trinajstić information content (AvgIpc) is 2.85. The molecule has 112 valence electrons. The minimum absolute atomic E-state index is 0.0975. The number of nitrogens with two attached hydrogens (primary N) is 1. The maximum absolute atomic E-state index is 11.7. The van der Waals surface area contributed by atoms with E-state index in [1.807, 2.05) is 0 Å². The van der Waals surface area contributed by atoms with Gasteiger partial charge in [0.1, 0.15) is 4.90 Å². The molecule has 0 heterocycles. The number of benzene rings is 1. The standard InChI is InChI=1S/C13H21N3O3S/c1-15-20(17,18)13-7-6-9(8-10(13)14)16-11-4-3-5-12(11)19-2/h6-8,11-12,15-16H,3-5,14H2,1-2H3. The second-order valence-electron chi connectivity index (χ2n) is 4.92. The number of hydrogen-bond acceptors (Lipinski definition) is 5. The van der Waals surface area contributed by atoms with E-state index in [0.717, 1.165) is 24.9 Å². The third-order valence-electron chi connectivity index (χ3n) is 3.68. The van der Waals surface area contributed by atoms with E-state index in [2.05, 4.69) is 10.0 Å². The Morgan fingerprint density at radius 1 is 1.35 bits per heavy atom. The van der Waals surface area contributed by atoms with Gasteiger partial charge < -0.3 is 15.8 Å². The molecule has 0 bridgehead atoms. The van der Waals surface area contributed by atoms with Crippen LogP contribution in [0, 0.1) is 0 Å². The summed E-state index contributed by atoms with van der Waals surface area (Å²) in [6, 6.07) is 5.13. The zero-order valence-corrected chi connectivity index (χ0v) is 12.5. The SMILES string of the molecule is CNS(=O)(=O)c1ccc(NC2CCCC2OC)cc1N.